The highest BCUT2D eigenvalue weighted by molar-refractivity contribution is 6.43. The van der Waals surface area contributed by atoms with Crippen molar-refractivity contribution in [3.63, 3.8) is 0 Å². The minimum Gasteiger partial charge on any atom is -0.383 e. The standard InChI is InChI=1S/C17H18Cl2N2O/c1-11-6-7-13(10-12(11)2)21-16(22)8-9-20-15-5-3-4-14(18)17(15)19/h3-7,10,20H,8-9H2,1-2H3,(H,21,22). The maximum absolute atomic E-state index is 11.9. The molecule has 22 heavy (non-hydrogen) atoms. The summed E-state index contributed by atoms with van der Waals surface area (Å²) in [6.45, 7) is 4.55. The van der Waals surface area contributed by atoms with Crippen molar-refractivity contribution in [3.05, 3.63) is 57.6 Å². The number of hydrogen-bond acceptors (Lipinski definition) is 2. The molecule has 0 spiro atoms. The van der Waals surface area contributed by atoms with Crippen molar-refractivity contribution < 1.29 is 4.79 Å². The molecule has 2 N–H and O–H groups in total. The van der Waals surface area contributed by atoms with Gasteiger partial charge in [-0.15, -0.1) is 0 Å². The van der Waals surface area contributed by atoms with Gasteiger partial charge in [-0.05, 0) is 49.2 Å². The summed E-state index contributed by atoms with van der Waals surface area (Å²) in [5, 5.41) is 6.96. The summed E-state index contributed by atoms with van der Waals surface area (Å²) in [7, 11) is 0. The Bertz CT molecular complexity index is 686. The normalized spacial score (nSPS) is 10.4. The van der Waals surface area contributed by atoms with Crippen LogP contribution >= 0.6 is 23.2 Å². The molecule has 0 atom stereocenters. The van der Waals surface area contributed by atoms with Gasteiger partial charge in [-0.1, -0.05) is 35.3 Å². The number of carbonyl (C=O) groups excluding carboxylic acids is 1. The van der Waals surface area contributed by atoms with E-state index in [-0.39, 0.29) is 5.91 Å². The fourth-order valence-electron chi connectivity index (χ4n) is 1.99. The lowest BCUT2D eigenvalue weighted by Crippen LogP contribution is -2.16. The molecular weight excluding hydrogens is 319 g/mol. The molecule has 2 aromatic rings. The van der Waals surface area contributed by atoms with E-state index in [0.717, 1.165) is 16.9 Å². The molecule has 0 saturated carbocycles. The van der Waals surface area contributed by atoms with E-state index in [2.05, 4.69) is 10.6 Å². The monoisotopic (exact) mass is 336 g/mol. The Morgan fingerprint density at radius 1 is 1.09 bits per heavy atom. The Labute approximate surface area is 140 Å². The summed E-state index contributed by atoms with van der Waals surface area (Å²) >= 11 is 12.0. The van der Waals surface area contributed by atoms with Crippen molar-refractivity contribution in [2.24, 2.45) is 0 Å². The van der Waals surface area contributed by atoms with Crippen molar-refractivity contribution in [1.29, 1.82) is 0 Å². The second-order valence-corrected chi connectivity index (χ2v) is 5.91. The summed E-state index contributed by atoms with van der Waals surface area (Å²) in [4.78, 5) is 11.9. The first-order valence-corrected chi connectivity index (χ1v) is 7.78. The number of rotatable bonds is 5. The van der Waals surface area contributed by atoms with Crippen LogP contribution in [0.15, 0.2) is 36.4 Å². The Balaban J connectivity index is 1.85. The first-order chi connectivity index (χ1) is 10.5. The maximum Gasteiger partial charge on any atom is 0.226 e. The van der Waals surface area contributed by atoms with Gasteiger partial charge >= 0.3 is 0 Å². The van der Waals surface area contributed by atoms with Gasteiger partial charge in [0, 0.05) is 18.7 Å². The fourth-order valence-corrected chi connectivity index (χ4v) is 2.36. The predicted octanol–water partition coefficient (Wildman–Crippen LogP) is 5.05. The molecule has 3 nitrogen and oxygen atoms in total. The van der Waals surface area contributed by atoms with Gasteiger partial charge in [-0.2, -0.15) is 0 Å². The second-order valence-electron chi connectivity index (χ2n) is 5.13. The van der Waals surface area contributed by atoms with Crippen molar-refractivity contribution in [2.75, 3.05) is 17.2 Å². The highest BCUT2D eigenvalue weighted by Gasteiger charge is 2.06. The number of nitrogens with one attached hydrogen (secondary N) is 2. The first-order valence-electron chi connectivity index (χ1n) is 7.02. The van der Waals surface area contributed by atoms with Gasteiger partial charge in [0.2, 0.25) is 5.91 Å². The summed E-state index contributed by atoms with van der Waals surface area (Å²) in [5.41, 5.74) is 3.90. The minimum absolute atomic E-state index is 0.0473. The molecule has 0 aromatic heterocycles. The number of carbonyl (C=O) groups is 1. The van der Waals surface area contributed by atoms with E-state index < -0.39 is 0 Å². The zero-order chi connectivity index (χ0) is 16.1. The number of amides is 1. The SMILES string of the molecule is Cc1ccc(NC(=O)CCNc2cccc(Cl)c2Cl)cc1C. The molecule has 2 rings (SSSR count). The number of hydrogen-bond donors (Lipinski definition) is 2. The van der Waals surface area contributed by atoms with Crippen LogP contribution in [0, 0.1) is 13.8 Å². The Hall–Kier alpha value is -1.71. The zero-order valence-electron chi connectivity index (χ0n) is 12.5. The minimum atomic E-state index is -0.0473. The number of halogens is 2. The third-order valence-corrected chi connectivity index (χ3v) is 4.23. The van der Waals surface area contributed by atoms with Gasteiger partial charge in [0.1, 0.15) is 0 Å². The van der Waals surface area contributed by atoms with Crippen LogP contribution in [0.1, 0.15) is 17.5 Å². The lowest BCUT2D eigenvalue weighted by atomic mass is 10.1. The molecule has 0 aliphatic heterocycles. The molecule has 0 aliphatic carbocycles. The van der Waals surface area contributed by atoms with Crippen LogP contribution in [0.5, 0.6) is 0 Å². The number of aryl methyl sites for hydroxylation is 2. The molecule has 1 amide bonds. The van der Waals surface area contributed by atoms with Crippen molar-refractivity contribution in [1.82, 2.24) is 0 Å². The fraction of sp³-hybridized carbons (Fsp3) is 0.235. The van der Waals surface area contributed by atoms with Gasteiger partial charge < -0.3 is 10.6 Å². The molecule has 5 heteroatoms. The van der Waals surface area contributed by atoms with Crippen molar-refractivity contribution in [3.8, 4) is 0 Å². The average molecular weight is 337 g/mol. The topological polar surface area (TPSA) is 41.1 Å². The number of anilines is 2. The lowest BCUT2D eigenvalue weighted by molar-refractivity contribution is -0.115. The molecule has 2 aromatic carbocycles. The van der Waals surface area contributed by atoms with Crippen LogP contribution < -0.4 is 10.6 Å². The quantitative estimate of drug-likeness (QED) is 0.801. The lowest BCUT2D eigenvalue weighted by Gasteiger charge is -2.10. The maximum atomic E-state index is 11.9. The summed E-state index contributed by atoms with van der Waals surface area (Å²) in [5.74, 6) is -0.0473. The Kier molecular flexibility index (Phi) is 5.69. The van der Waals surface area contributed by atoms with Crippen LogP contribution in [0.4, 0.5) is 11.4 Å². The molecule has 0 unspecified atom stereocenters. The van der Waals surface area contributed by atoms with E-state index in [9.17, 15) is 4.79 Å². The van der Waals surface area contributed by atoms with Gasteiger partial charge in [-0.3, -0.25) is 4.79 Å². The number of benzene rings is 2. The van der Waals surface area contributed by atoms with E-state index in [1.54, 1.807) is 6.07 Å². The van der Waals surface area contributed by atoms with Crippen molar-refractivity contribution >= 4 is 40.5 Å². The van der Waals surface area contributed by atoms with Gasteiger partial charge in [0.15, 0.2) is 0 Å². The highest BCUT2D eigenvalue weighted by Crippen LogP contribution is 2.29. The summed E-state index contributed by atoms with van der Waals surface area (Å²) in [6, 6.07) is 11.2. The second kappa shape index (κ2) is 7.52. The molecule has 116 valence electrons. The van der Waals surface area contributed by atoms with Gasteiger partial charge in [0.05, 0.1) is 15.7 Å². The molecule has 0 bridgehead atoms. The molecule has 0 fully saturated rings. The predicted molar refractivity (Wildman–Crippen MR) is 94.1 cm³/mol. The molecule has 0 aliphatic rings. The first kappa shape index (κ1) is 16.7. The highest BCUT2D eigenvalue weighted by atomic mass is 35.5. The molecule has 0 heterocycles. The Morgan fingerprint density at radius 2 is 1.86 bits per heavy atom. The molecule has 0 saturated heterocycles. The van der Waals surface area contributed by atoms with Crippen LogP contribution in [-0.4, -0.2) is 12.5 Å². The third-order valence-electron chi connectivity index (χ3n) is 3.41. The van der Waals surface area contributed by atoms with E-state index >= 15 is 0 Å². The van der Waals surface area contributed by atoms with Crippen molar-refractivity contribution in [2.45, 2.75) is 20.3 Å². The van der Waals surface area contributed by atoms with Gasteiger partial charge in [0.25, 0.3) is 0 Å². The third kappa shape index (κ3) is 4.39. The van der Waals surface area contributed by atoms with E-state index in [1.807, 2.05) is 44.2 Å². The zero-order valence-corrected chi connectivity index (χ0v) is 14.1. The van der Waals surface area contributed by atoms with Crippen LogP contribution in [0.25, 0.3) is 0 Å². The van der Waals surface area contributed by atoms with Crippen LogP contribution in [0.2, 0.25) is 10.0 Å². The Morgan fingerprint density at radius 3 is 2.59 bits per heavy atom. The molecule has 0 radical (unpaired) electrons. The average Bonchev–Trinajstić information content (AvgIpc) is 2.47. The summed E-state index contributed by atoms with van der Waals surface area (Å²) in [6.07, 6.45) is 0.343. The van der Waals surface area contributed by atoms with E-state index in [4.69, 9.17) is 23.2 Å². The van der Waals surface area contributed by atoms with E-state index in [1.165, 1.54) is 5.56 Å². The largest absolute Gasteiger partial charge is 0.383 e. The summed E-state index contributed by atoms with van der Waals surface area (Å²) < 4.78 is 0. The van der Waals surface area contributed by atoms with E-state index in [0.29, 0.717) is 23.0 Å². The van der Waals surface area contributed by atoms with Gasteiger partial charge in [-0.25, -0.2) is 0 Å². The van der Waals surface area contributed by atoms with Crippen LogP contribution in [-0.2, 0) is 4.79 Å². The smallest absolute Gasteiger partial charge is 0.226 e. The molecular formula is C17H18Cl2N2O. The van der Waals surface area contributed by atoms with Crippen LogP contribution in [0.3, 0.4) is 0 Å².